The Morgan fingerprint density at radius 2 is 1.37 bits per heavy atom. The fourth-order valence-corrected chi connectivity index (χ4v) is 5.23. The minimum Gasteiger partial charge on any atom is -0.373 e. The van der Waals surface area contributed by atoms with Crippen LogP contribution >= 0.6 is 0 Å². The third-order valence-corrected chi connectivity index (χ3v) is 7.30. The van der Waals surface area contributed by atoms with Gasteiger partial charge in [-0.1, -0.05) is 95.9 Å². The smallest absolute Gasteiger partial charge is 0.0825 e. The molecule has 0 spiro atoms. The van der Waals surface area contributed by atoms with Gasteiger partial charge in [-0.25, -0.2) is 0 Å². The molecule has 0 radical (unpaired) electrons. The number of aryl methyl sites for hydroxylation is 1. The van der Waals surface area contributed by atoms with Crippen LogP contribution in [0.25, 0.3) is 0 Å². The highest BCUT2D eigenvalue weighted by atomic mass is 16.5. The number of ether oxygens (including phenoxy) is 1. The molecule has 27 heavy (non-hydrogen) atoms. The van der Waals surface area contributed by atoms with E-state index in [2.05, 4.69) is 38.1 Å². The third kappa shape index (κ3) is 6.63. The summed E-state index contributed by atoms with van der Waals surface area (Å²) in [6.45, 7) is 5.51. The second kappa shape index (κ2) is 11.2. The van der Waals surface area contributed by atoms with E-state index in [-0.39, 0.29) is 0 Å². The SMILES string of the molecule is CCCCCC1CCC(CCC2CCC(c3ccc(CC)cc3)OC2)CC1. The van der Waals surface area contributed by atoms with Crippen LogP contribution in [0.3, 0.4) is 0 Å². The fourth-order valence-electron chi connectivity index (χ4n) is 5.23. The molecule has 0 bridgehead atoms. The van der Waals surface area contributed by atoms with Crippen LogP contribution in [0, 0.1) is 17.8 Å². The predicted molar refractivity (Wildman–Crippen MR) is 116 cm³/mol. The second-order valence-corrected chi connectivity index (χ2v) is 9.32. The Hall–Kier alpha value is -0.820. The lowest BCUT2D eigenvalue weighted by Gasteiger charge is -2.32. The van der Waals surface area contributed by atoms with Crippen molar-refractivity contribution in [2.45, 2.75) is 103 Å². The number of unbranched alkanes of at least 4 members (excludes halogenated alkanes) is 2. The van der Waals surface area contributed by atoms with Crippen molar-refractivity contribution in [3.05, 3.63) is 35.4 Å². The molecule has 1 saturated heterocycles. The Labute approximate surface area is 168 Å². The molecule has 0 aromatic heterocycles. The van der Waals surface area contributed by atoms with Gasteiger partial charge < -0.3 is 4.74 Å². The molecule has 2 unspecified atom stereocenters. The first-order chi connectivity index (χ1) is 13.3. The Balaban J connectivity index is 1.31. The molecule has 1 aliphatic carbocycles. The van der Waals surface area contributed by atoms with E-state index >= 15 is 0 Å². The molecule has 3 rings (SSSR count). The van der Waals surface area contributed by atoms with E-state index in [9.17, 15) is 0 Å². The molecule has 1 saturated carbocycles. The van der Waals surface area contributed by atoms with Gasteiger partial charge in [0.2, 0.25) is 0 Å². The lowest BCUT2D eigenvalue weighted by Crippen LogP contribution is -2.22. The lowest BCUT2D eigenvalue weighted by atomic mass is 9.77. The summed E-state index contributed by atoms with van der Waals surface area (Å²) in [4.78, 5) is 0. The topological polar surface area (TPSA) is 9.23 Å². The molecule has 1 heteroatoms. The minimum atomic E-state index is 0.339. The third-order valence-electron chi connectivity index (χ3n) is 7.30. The van der Waals surface area contributed by atoms with Crippen molar-refractivity contribution in [2.24, 2.45) is 17.8 Å². The van der Waals surface area contributed by atoms with Crippen molar-refractivity contribution in [1.29, 1.82) is 0 Å². The summed E-state index contributed by atoms with van der Waals surface area (Å²) in [5, 5.41) is 0. The largest absolute Gasteiger partial charge is 0.373 e. The van der Waals surface area contributed by atoms with Crippen LogP contribution in [0.2, 0.25) is 0 Å². The number of hydrogen-bond donors (Lipinski definition) is 0. The van der Waals surface area contributed by atoms with Gasteiger partial charge in [0, 0.05) is 0 Å². The summed E-state index contributed by atoms with van der Waals surface area (Å²) in [6, 6.07) is 9.10. The second-order valence-electron chi connectivity index (χ2n) is 9.32. The first-order valence-corrected chi connectivity index (χ1v) is 12.0. The first kappa shape index (κ1) is 20.9. The maximum atomic E-state index is 6.26. The molecular weight excluding hydrogens is 328 g/mol. The van der Waals surface area contributed by atoms with Crippen molar-refractivity contribution in [2.75, 3.05) is 6.61 Å². The van der Waals surface area contributed by atoms with E-state index in [1.807, 2.05) is 0 Å². The maximum absolute atomic E-state index is 6.26. The van der Waals surface area contributed by atoms with E-state index < -0.39 is 0 Å². The van der Waals surface area contributed by atoms with E-state index in [4.69, 9.17) is 4.74 Å². The predicted octanol–water partition coefficient (Wildman–Crippen LogP) is 7.88. The van der Waals surface area contributed by atoms with Crippen molar-refractivity contribution in [1.82, 2.24) is 0 Å². The molecule has 0 N–H and O–H groups in total. The van der Waals surface area contributed by atoms with Gasteiger partial charge in [0.05, 0.1) is 12.7 Å². The summed E-state index contributed by atoms with van der Waals surface area (Å²) in [6.07, 6.45) is 18.6. The maximum Gasteiger partial charge on any atom is 0.0825 e. The quantitative estimate of drug-likeness (QED) is 0.402. The van der Waals surface area contributed by atoms with Crippen LogP contribution in [-0.4, -0.2) is 6.61 Å². The molecule has 1 aromatic rings. The molecule has 152 valence electrons. The molecule has 1 nitrogen and oxygen atoms in total. The molecule has 2 fully saturated rings. The highest BCUT2D eigenvalue weighted by molar-refractivity contribution is 5.24. The Morgan fingerprint density at radius 1 is 0.741 bits per heavy atom. The molecule has 1 heterocycles. The monoisotopic (exact) mass is 370 g/mol. The van der Waals surface area contributed by atoms with Crippen LogP contribution in [0.15, 0.2) is 24.3 Å². The molecule has 2 atom stereocenters. The standard InChI is InChI=1S/C26H42O/c1-3-5-6-7-22-8-10-23(11-9-22)12-13-24-16-19-26(27-20-24)25-17-14-21(4-2)15-18-25/h14-15,17-18,22-24,26H,3-13,16,19-20H2,1-2H3. The van der Waals surface area contributed by atoms with Crippen molar-refractivity contribution < 1.29 is 4.74 Å². The summed E-state index contributed by atoms with van der Waals surface area (Å²) in [5.74, 6) is 2.86. The van der Waals surface area contributed by atoms with Crippen molar-refractivity contribution in [3.8, 4) is 0 Å². The Kier molecular flexibility index (Phi) is 8.71. The number of rotatable bonds is 9. The van der Waals surface area contributed by atoms with Crippen molar-refractivity contribution in [3.63, 3.8) is 0 Å². The van der Waals surface area contributed by atoms with Gasteiger partial charge in [-0.15, -0.1) is 0 Å². The molecule has 1 aliphatic heterocycles. The summed E-state index contributed by atoms with van der Waals surface area (Å²) >= 11 is 0. The summed E-state index contributed by atoms with van der Waals surface area (Å²) in [7, 11) is 0. The van der Waals surface area contributed by atoms with Gasteiger partial charge in [-0.3, -0.25) is 0 Å². The van der Waals surface area contributed by atoms with Crippen LogP contribution in [-0.2, 0) is 11.2 Å². The minimum absolute atomic E-state index is 0.339. The molecule has 1 aromatic carbocycles. The lowest BCUT2D eigenvalue weighted by molar-refractivity contribution is -0.0212. The molecule has 2 aliphatic rings. The van der Waals surface area contributed by atoms with Crippen LogP contribution in [0.1, 0.15) is 108 Å². The summed E-state index contributed by atoms with van der Waals surface area (Å²) < 4.78 is 6.26. The van der Waals surface area contributed by atoms with Gasteiger partial charge >= 0.3 is 0 Å². The zero-order valence-corrected chi connectivity index (χ0v) is 17.9. The zero-order valence-electron chi connectivity index (χ0n) is 17.9. The fraction of sp³-hybridized carbons (Fsp3) is 0.769. The van der Waals surface area contributed by atoms with Gasteiger partial charge in [0.1, 0.15) is 0 Å². The average Bonchev–Trinajstić information content (AvgIpc) is 2.74. The summed E-state index contributed by atoms with van der Waals surface area (Å²) in [5.41, 5.74) is 2.81. The van der Waals surface area contributed by atoms with E-state index in [1.54, 1.807) is 0 Å². The highest BCUT2D eigenvalue weighted by Crippen LogP contribution is 2.37. The van der Waals surface area contributed by atoms with Gasteiger partial charge in [0.25, 0.3) is 0 Å². The number of benzene rings is 1. The number of hydrogen-bond acceptors (Lipinski definition) is 1. The van der Waals surface area contributed by atoms with Crippen LogP contribution in [0.5, 0.6) is 0 Å². The molecular formula is C26H42O. The highest BCUT2D eigenvalue weighted by Gasteiger charge is 2.25. The normalized spacial score (nSPS) is 29.0. The van der Waals surface area contributed by atoms with Crippen LogP contribution in [0.4, 0.5) is 0 Å². The van der Waals surface area contributed by atoms with E-state index in [0.29, 0.717) is 6.10 Å². The average molecular weight is 371 g/mol. The van der Waals surface area contributed by atoms with Gasteiger partial charge in [0.15, 0.2) is 0 Å². The molecule has 0 amide bonds. The van der Waals surface area contributed by atoms with E-state index in [0.717, 1.165) is 30.8 Å². The zero-order chi connectivity index (χ0) is 18.9. The Bertz CT molecular complexity index is 504. The van der Waals surface area contributed by atoms with Gasteiger partial charge in [-0.05, 0) is 54.6 Å². The first-order valence-electron chi connectivity index (χ1n) is 12.0. The van der Waals surface area contributed by atoms with Crippen LogP contribution < -0.4 is 0 Å². The van der Waals surface area contributed by atoms with Crippen molar-refractivity contribution >= 4 is 0 Å². The Morgan fingerprint density at radius 3 is 1.96 bits per heavy atom. The van der Waals surface area contributed by atoms with E-state index in [1.165, 1.54) is 88.2 Å². The van der Waals surface area contributed by atoms with Gasteiger partial charge in [-0.2, -0.15) is 0 Å².